The second-order valence-corrected chi connectivity index (χ2v) is 5.57. The van der Waals surface area contributed by atoms with E-state index in [2.05, 4.69) is 19.0 Å². The van der Waals surface area contributed by atoms with Crippen LogP contribution in [0.5, 0.6) is 0 Å². The van der Waals surface area contributed by atoms with Crippen molar-refractivity contribution < 1.29 is 0 Å². The summed E-state index contributed by atoms with van der Waals surface area (Å²) in [7, 11) is 4.42. The fraction of sp³-hybridized carbons (Fsp3) is 1.00. The summed E-state index contributed by atoms with van der Waals surface area (Å²) in [6.45, 7) is 0.767. The lowest BCUT2D eigenvalue weighted by Crippen LogP contribution is -2.49. The summed E-state index contributed by atoms with van der Waals surface area (Å²) >= 11 is 0. The smallest absolute Gasteiger partial charge is 0.0218 e. The summed E-state index contributed by atoms with van der Waals surface area (Å²) in [6, 6.07) is 0.323. The Balaban J connectivity index is 2.49. The third-order valence-corrected chi connectivity index (χ3v) is 4.15. The molecule has 4 N–H and O–H groups in total. The molecule has 1 rings (SSSR count). The Kier molecular flexibility index (Phi) is 5.73. The summed E-state index contributed by atoms with van der Waals surface area (Å²) in [4.78, 5) is 2.41. The van der Waals surface area contributed by atoms with Crippen molar-refractivity contribution in [2.75, 3.05) is 20.6 Å². The lowest BCUT2D eigenvalue weighted by atomic mass is 9.76. The summed E-state index contributed by atoms with van der Waals surface area (Å²) in [6.07, 6.45) is 10.0. The van der Waals surface area contributed by atoms with Crippen LogP contribution in [0.1, 0.15) is 51.4 Å². The van der Waals surface area contributed by atoms with E-state index in [4.69, 9.17) is 11.5 Å². The second kappa shape index (κ2) is 6.58. The first-order valence-electron chi connectivity index (χ1n) is 6.74. The Morgan fingerprint density at radius 2 is 1.81 bits per heavy atom. The van der Waals surface area contributed by atoms with Gasteiger partial charge in [0.2, 0.25) is 0 Å². The maximum absolute atomic E-state index is 6.23. The van der Waals surface area contributed by atoms with Crippen LogP contribution in [-0.2, 0) is 0 Å². The van der Waals surface area contributed by atoms with Gasteiger partial charge in [-0.2, -0.15) is 0 Å². The lowest BCUT2D eigenvalue weighted by molar-refractivity contribution is 0.0816. The number of rotatable bonds is 6. The van der Waals surface area contributed by atoms with E-state index in [1.807, 2.05) is 0 Å². The molecule has 0 aromatic heterocycles. The van der Waals surface area contributed by atoms with Crippen molar-refractivity contribution in [3.63, 3.8) is 0 Å². The monoisotopic (exact) mass is 227 g/mol. The fourth-order valence-electron chi connectivity index (χ4n) is 3.01. The largest absolute Gasteiger partial charge is 0.330 e. The van der Waals surface area contributed by atoms with Crippen LogP contribution in [0.2, 0.25) is 0 Å². The first-order chi connectivity index (χ1) is 7.60. The van der Waals surface area contributed by atoms with E-state index >= 15 is 0 Å². The van der Waals surface area contributed by atoms with E-state index in [-0.39, 0.29) is 0 Å². The van der Waals surface area contributed by atoms with E-state index in [1.54, 1.807) is 0 Å². The summed E-state index contributed by atoms with van der Waals surface area (Å²) in [5, 5.41) is 0. The third kappa shape index (κ3) is 3.72. The molecule has 1 unspecified atom stereocenters. The Morgan fingerprint density at radius 3 is 2.31 bits per heavy atom. The molecule has 0 amide bonds. The topological polar surface area (TPSA) is 55.3 Å². The van der Waals surface area contributed by atoms with Crippen LogP contribution in [-0.4, -0.2) is 37.1 Å². The van der Waals surface area contributed by atoms with Gasteiger partial charge in [0.15, 0.2) is 0 Å². The average molecular weight is 227 g/mol. The zero-order chi connectivity index (χ0) is 12.0. The molecule has 0 aliphatic heterocycles. The third-order valence-electron chi connectivity index (χ3n) is 4.15. The molecule has 1 atom stereocenters. The van der Waals surface area contributed by atoms with Crippen LogP contribution in [0.15, 0.2) is 0 Å². The van der Waals surface area contributed by atoms with Gasteiger partial charge in [0.25, 0.3) is 0 Å². The molecule has 1 fully saturated rings. The molecule has 3 heteroatoms. The number of hydrogen-bond donors (Lipinski definition) is 2. The van der Waals surface area contributed by atoms with Crippen molar-refractivity contribution in [3.8, 4) is 0 Å². The molecule has 1 aliphatic carbocycles. The average Bonchev–Trinajstić information content (AvgIpc) is 2.27. The highest BCUT2D eigenvalue weighted by Gasteiger charge is 2.35. The molecular formula is C13H29N3. The Morgan fingerprint density at radius 1 is 1.19 bits per heavy atom. The molecule has 0 radical (unpaired) electrons. The standard InChI is InChI=1S/C13H29N3/c1-16(2)13(8-4-3-5-9-13)11-12(15)7-6-10-14/h12H,3-11,14-15H2,1-2H3. The van der Waals surface area contributed by atoms with Gasteiger partial charge in [-0.1, -0.05) is 19.3 Å². The molecule has 0 spiro atoms. The SMILES string of the molecule is CN(C)C1(CC(N)CCCN)CCCCC1. The van der Waals surface area contributed by atoms with Crippen molar-refractivity contribution in [1.29, 1.82) is 0 Å². The Labute approximate surface area is 101 Å². The minimum absolute atomic E-state index is 0.323. The lowest BCUT2D eigenvalue weighted by Gasteiger charge is -2.44. The highest BCUT2D eigenvalue weighted by atomic mass is 15.1. The van der Waals surface area contributed by atoms with E-state index in [0.29, 0.717) is 11.6 Å². The molecule has 0 aromatic rings. The first-order valence-corrected chi connectivity index (χ1v) is 6.74. The minimum atomic E-state index is 0.323. The minimum Gasteiger partial charge on any atom is -0.330 e. The van der Waals surface area contributed by atoms with Gasteiger partial charge in [-0.05, 0) is 52.7 Å². The van der Waals surface area contributed by atoms with Crippen molar-refractivity contribution in [2.24, 2.45) is 11.5 Å². The van der Waals surface area contributed by atoms with Crippen LogP contribution in [0.3, 0.4) is 0 Å². The van der Waals surface area contributed by atoms with E-state index in [9.17, 15) is 0 Å². The zero-order valence-corrected chi connectivity index (χ0v) is 11.0. The quantitative estimate of drug-likeness (QED) is 0.726. The maximum Gasteiger partial charge on any atom is 0.0218 e. The molecule has 3 nitrogen and oxygen atoms in total. The van der Waals surface area contributed by atoms with Gasteiger partial charge >= 0.3 is 0 Å². The van der Waals surface area contributed by atoms with Crippen molar-refractivity contribution >= 4 is 0 Å². The molecule has 0 saturated heterocycles. The second-order valence-electron chi connectivity index (χ2n) is 5.57. The summed E-state index contributed by atoms with van der Waals surface area (Å²) in [5.41, 5.74) is 12.1. The molecule has 0 heterocycles. The van der Waals surface area contributed by atoms with Crippen LogP contribution in [0, 0.1) is 0 Å². The van der Waals surface area contributed by atoms with Crippen molar-refractivity contribution in [2.45, 2.75) is 62.9 Å². The van der Waals surface area contributed by atoms with Crippen LogP contribution in [0.4, 0.5) is 0 Å². The van der Waals surface area contributed by atoms with Gasteiger partial charge in [-0.15, -0.1) is 0 Å². The predicted molar refractivity (Wildman–Crippen MR) is 70.4 cm³/mol. The van der Waals surface area contributed by atoms with E-state index in [0.717, 1.165) is 25.8 Å². The molecule has 0 bridgehead atoms. The fourth-order valence-corrected chi connectivity index (χ4v) is 3.01. The Bertz CT molecular complexity index is 186. The molecule has 1 saturated carbocycles. The normalized spacial score (nSPS) is 22.3. The summed E-state index contributed by atoms with van der Waals surface area (Å²) < 4.78 is 0. The predicted octanol–water partition coefficient (Wildman–Crippen LogP) is 1.71. The van der Waals surface area contributed by atoms with Crippen LogP contribution < -0.4 is 11.5 Å². The van der Waals surface area contributed by atoms with Crippen LogP contribution >= 0.6 is 0 Å². The van der Waals surface area contributed by atoms with Crippen LogP contribution in [0.25, 0.3) is 0 Å². The molecule has 96 valence electrons. The molecule has 0 aromatic carbocycles. The van der Waals surface area contributed by atoms with Gasteiger partial charge in [-0.3, -0.25) is 0 Å². The Hall–Kier alpha value is -0.120. The molecular weight excluding hydrogens is 198 g/mol. The van der Waals surface area contributed by atoms with Gasteiger partial charge in [0, 0.05) is 11.6 Å². The zero-order valence-electron chi connectivity index (χ0n) is 11.0. The van der Waals surface area contributed by atoms with Gasteiger partial charge in [-0.25, -0.2) is 0 Å². The highest BCUT2D eigenvalue weighted by molar-refractivity contribution is 4.93. The molecule has 1 aliphatic rings. The number of hydrogen-bond acceptors (Lipinski definition) is 3. The maximum atomic E-state index is 6.23. The van der Waals surface area contributed by atoms with Gasteiger partial charge in [0.05, 0.1) is 0 Å². The first kappa shape index (κ1) is 13.9. The van der Waals surface area contributed by atoms with Gasteiger partial charge < -0.3 is 16.4 Å². The van der Waals surface area contributed by atoms with Crippen molar-refractivity contribution in [3.05, 3.63) is 0 Å². The molecule has 16 heavy (non-hydrogen) atoms. The number of nitrogens with zero attached hydrogens (tertiary/aromatic N) is 1. The number of nitrogens with two attached hydrogens (primary N) is 2. The van der Waals surface area contributed by atoms with E-state index < -0.39 is 0 Å². The van der Waals surface area contributed by atoms with Crippen molar-refractivity contribution in [1.82, 2.24) is 4.90 Å². The van der Waals surface area contributed by atoms with Gasteiger partial charge in [0.1, 0.15) is 0 Å². The highest BCUT2D eigenvalue weighted by Crippen LogP contribution is 2.36. The van der Waals surface area contributed by atoms with E-state index in [1.165, 1.54) is 32.1 Å². The summed E-state index contributed by atoms with van der Waals surface area (Å²) in [5.74, 6) is 0.